The van der Waals surface area contributed by atoms with E-state index in [0.717, 1.165) is 10.9 Å². The topological polar surface area (TPSA) is 0 Å². The first-order chi connectivity index (χ1) is 10.3. The Labute approximate surface area is 136 Å². The summed E-state index contributed by atoms with van der Waals surface area (Å²) in [5, 5.41) is 0. The fourth-order valence-corrected chi connectivity index (χ4v) is 2.38. The van der Waals surface area contributed by atoms with Crippen LogP contribution in [0.15, 0.2) is 77.3 Å². The molecule has 0 heterocycles. The van der Waals surface area contributed by atoms with Crippen LogP contribution in [0.1, 0.15) is 18.1 Å². The fraction of sp³-hybridized carbons (Fsp3) is 0.100. The van der Waals surface area contributed by atoms with Crippen molar-refractivity contribution in [2.24, 2.45) is 0 Å². The third-order valence-corrected chi connectivity index (χ3v) is 3.51. The molecule has 0 N–H and O–H groups in total. The monoisotopic (exact) mass is 338 g/mol. The van der Waals surface area contributed by atoms with Crippen LogP contribution in [-0.4, -0.2) is 0 Å². The highest BCUT2D eigenvalue weighted by Crippen LogP contribution is 2.19. The lowest BCUT2D eigenvalue weighted by Gasteiger charge is -2.01. The van der Waals surface area contributed by atoms with E-state index in [9.17, 15) is 0 Å². The maximum absolute atomic E-state index is 4.00. The zero-order valence-corrected chi connectivity index (χ0v) is 13.8. The molecular formula is C20H19Br. The van der Waals surface area contributed by atoms with Crippen LogP contribution in [0.3, 0.4) is 0 Å². The number of terminal acetylenes is 1. The van der Waals surface area contributed by atoms with E-state index < -0.39 is 0 Å². The van der Waals surface area contributed by atoms with Crippen molar-refractivity contribution in [2.45, 2.75) is 13.3 Å². The number of allylic oxidation sites excluding steroid dienone is 4. The van der Waals surface area contributed by atoms with Gasteiger partial charge in [-0.05, 0) is 36.1 Å². The van der Waals surface area contributed by atoms with Gasteiger partial charge in [0.2, 0.25) is 0 Å². The summed E-state index contributed by atoms with van der Waals surface area (Å²) in [4.78, 5) is 0. The normalized spacial score (nSPS) is 11.4. The summed E-state index contributed by atoms with van der Waals surface area (Å²) >= 11 is 3.62. The number of benzene rings is 2. The van der Waals surface area contributed by atoms with Gasteiger partial charge in [-0.25, -0.2) is 0 Å². The largest absolute Gasteiger partial charge is 0.124 e. The maximum Gasteiger partial charge on any atom is 0.0141 e. The van der Waals surface area contributed by atoms with Crippen molar-refractivity contribution in [3.63, 3.8) is 0 Å². The molecule has 0 amide bonds. The molecule has 0 radical (unpaired) electrons. The van der Waals surface area contributed by atoms with Crippen LogP contribution in [0, 0.1) is 12.8 Å². The Hall–Kier alpha value is -2.04. The highest BCUT2D eigenvalue weighted by Gasteiger charge is 1.95. The van der Waals surface area contributed by atoms with E-state index in [-0.39, 0.29) is 0 Å². The average Bonchev–Trinajstić information content (AvgIpc) is 2.56. The summed E-state index contributed by atoms with van der Waals surface area (Å²) in [6.07, 6.45) is 13.3. The van der Waals surface area contributed by atoms with Crippen LogP contribution in [0.2, 0.25) is 0 Å². The van der Waals surface area contributed by atoms with E-state index in [1.54, 1.807) is 0 Å². The SMILES string of the molecule is C#C.C/C(=C\C(Br)=C/Cc1ccccc1)c1ccccc1. The Morgan fingerprint density at radius 1 is 0.952 bits per heavy atom. The molecule has 0 saturated carbocycles. The van der Waals surface area contributed by atoms with E-state index in [1.807, 2.05) is 12.1 Å². The van der Waals surface area contributed by atoms with Gasteiger partial charge in [0.25, 0.3) is 0 Å². The highest BCUT2D eigenvalue weighted by atomic mass is 79.9. The molecule has 2 rings (SSSR count). The van der Waals surface area contributed by atoms with Gasteiger partial charge >= 0.3 is 0 Å². The molecule has 0 aromatic heterocycles. The van der Waals surface area contributed by atoms with Crippen molar-refractivity contribution in [2.75, 3.05) is 0 Å². The molecule has 0 bridgehead atoms. The summed E-state index contributed by atoms with van der Waals surface area (Å²) in [6, 6.07) is 20.9. The molecule has 0 saturated heterocycles. The van der Waals surface area contributed by atoms with Gasteiger partial charge in [0, 0.05) is 4.48 Å². The molecule has 0 fully saturated rings. The Kier molecular flexibility index (Phi) is 7.94. The molecule has 0 spiro atoms. The lowest BCUT2D eigenvalue weighted by Crippen LogP contribution is -1.81. The van der Waals surface area contributed by atoms with E-state index in [4.69, 9.17) is 0 Å². The van der Waals surface area contributed by atoms with Crippen LogP contribution >= 0.6 is 15.9 Å². The summed E-state index contributed by atoms with van der Waals surface area (Å²) in [5.41, 5.74) is 3.84. The second kappa shape index (κ2) is 9.80. The van der Waals surface area contributed by atoms with E-state index in [1.165, 1.54) is 16.7 Å². The Morgan fingerprint density at radius 2 is 1.48 bits per heavy atom. The molecule has 0 aliphatic rings. The first-order valence-electron chi connectivity index (χ1n) is 6.72. The lowest BCUT2D eigenvalue weighted by atomic mass is 10.1. The summed E-state index contributed by atoms with van der Waals surface area (Å²) in [5.74, 6) is 0. The van der Waals surface area contributed by atoms with Crippen molar-refractivity contribution in [3.05, 3.63) is 88.4 Å². The molecule has 1 heteroatoms. The second-order valence-corrected chi connectivity index (χ2v) is 5.39. The lowest BCUT2D eigenvalue weighted by molar-refractivity contribution is 1.27. The van der Waals surface area contributed by atoms with Gasteiger partial charge in [-0.3, -0.25) is 0 Å². The van der Waals surface area contributed by atoms with Gasteiger partial charge in [0.05, 0.1) is 0 Å². The summed E-state index contributed by atoms with van der Waals surface area (Å²) in [7, 11) is 0. The van der Waals surface area contributed by atoms with Crippen LogP contribution in [0.5, 0.6) is 0 Å². The molecule has 0 aliphatic heterocycles. The molecule has 0 unspecified atom stereocenters. The number of hydrogen-bond donors (Lipinski definition) is 0. The van der Waals surface area contributed by atoms with Crippen LogP contribution in [0.25, 0.3) is 5.57 Å². The first kappa shape index (κ1) is 17.0. The first-order valence-corrected chi connectivity index (χ1v) is 7.51. The van der Waals surface area contributed by atoms with Crippen molar-refractivity contribution >= 4 is 21.5 Å². The van der Waals surface area contributed by atoms with E-state index in [2.05, 4.69) is 96.4 Å². The van der Waals surface area contributed by atoms with Gasteiger partial charge in [-0.1, -0.05) is 82.7 Å². The van der Waals surface area contributed by atoms with Gasteiger partial charge in [0.1, 0.15) is 0 Å². The van der Waals surface area contributed by atoms with E-state index >= 15 is 0 Å². The quantitative estimate of drug-likeness (QED) is 0.483. The average molecular weight is 339 g/mol. The Bertz CT molecular complexity index is 604. The minimum Gasteiger partial charge on any atom is -0.124 e. The number of halogens is 1. The van der Waals surface area contributed by atoms with Gasteiger partial charge in [-0.15, -0.1) is 12.8 Å². The Balaban J connectivity index is 0.00000106. The predicted molar refractivity (Wildman–Crippen MR) is 97.1 cm³/mol. The predicted octanol–water partition coefficient (Wildman–Crippen LogP) is 5.86. The minimum atomic E-state index is 0.944. The summed E-state index contributed by atoms with van der Waals surface area (Å²) < 4.78 is 1.12. The molecule has 0 atom stereocenters. The molecule has 0 nitrogen and oxygen atoms in total. The zero-order chi connectivity index (χ0) is 15.5. The third-order valence-electron chi connectivity index (χ3n) is 2.96. The fourth-order valence-electron chi connectivity index (χ4n) is 1.88. The standard InChI is InChI=1S/C18H17Br.C2H2/c1-15(17-10-6-3-7-11-17)14-18(19)13-12-16-8-4-2-5-9-16;1-2/h2-11,13-14H,12H2,1H3;1-2H/b15-14+,18-13+;. The van der Waals surface area contributed by atoms with Crippen LogP contribution < -0.4 is 0 Å². The molecule has 2 aromatic rings. The highest BCUT2D eigenvalue weighted by molar-refractivity contribution is 9.11. The van der Waals surface area contributed by atoms with Crippen molar-refractivity contribution in [1.82, 2.24) is 0 Å². The van der Waals surface area contributed by atoms with Crippen molar-refractivity contribution < 1.29 is 0 Å². The summed E-state index contributed by atoms with van der Waals surface area (Å²) in [6.45, 7) is 2.13. The smallest absolute Gasteiger partial charge is 0.0141 e. The van der Waals surface area contributed by atoms with Crippen molar-refractivity contribution in [3.8, 4) is 12.8 Å². The Morgan fingerprint density at radius 3 is 2.05 bits per heavy atom. The molecule has 0 aliphatic carbocycles. The minimum absolute atomic E-state index is 0.944. The van der Waals surface area contributed by atoms with Gasteiger partial charge in [-0.2, -0.15) is 0 Å². The molecular weight excluding hydrogens is 320 g/mol. The zero-order valence-electron chi connectivity index (χ0n) is 12.2. The number of rotatable bonds is 4. The maximum atomic E-state index is 4.00. The van der Waals surface area contributed by atoms with Crippen LogP contribution in [0.4, 0.5) is 0 Å². The molecule has 21 heavy (non-hydrogen) atoms. The molecule has 106 valence electrons. The third kappa shape index (κ3) is 6.29. The van der Waals surface area contributed by atoms with E-state index in [0.29, 0.717) is 0 Å². The number of hydrogen-bond acceptors (Lipinski definition) is 0. The second-order valence-electron chi connectivity index (χ2n) is 4.47. The van der Waals surface area contributed by atoms with Crippen LogP contribution in [-0.2, 0) is 6.42 Å². The van der Waals surface area contributed by atoms with Gasteiger partial charge in [0.15, 0.2) is 0 Å². The van der Waals surface area contributed by atoms with Crippen molar-refractivity contribution in [1.29, 1.82) is 0 Å². The molecule has 2 aromatic carbocycles. The van der Waals surface area contributed by atoms with Gasteiger partial charge < -0.3 is 0 Å².